The molecule has 7 heteroatoms. The van der Waals surface area contributed by atoms with Crippen LogP contribution in [0.25, 0.3) is 0 Å². The van der Waals surface area contributed by atoms with Crippen LogP contribution in [0.4, 0.5) is 0 Å². The summed E-state index contributed by atoms with van der Waals surface area (Å²) < 4.78 is 0. The number of amides is 1. The van der Waals surface area contributed by atoms with Gasteiger partial charge in [-0.15, -0.1) is 0 Å². The van der Waals surface area contributed by atoms with Gasteiger partial charge in [0, 0.05) is 31.1 Å². The quantitative estimate of drug-likeness (QED) is 0.561. The maximum absolute atomic E-state index is 11.8. The van der Waals surface area contributed by atoms with Crippen molar-refractivity contribution in [1.29, 1.82) is 0 Å². The van der Waals surface area contributed by atoms with Gasteiger partial charge in [-0.25, -0.2) is 0 Å². The summed E-state index contributed by atoms with van der Waals surface area (Å²) in [7, 11) is 0. The minimum absolute atomic E-state index is 0.0641. The van der Waals surface area contributed by atoms with E-state index in [1.54, 1.807) is 0 Å². The zero-order valence-electron chi connectivity index (χ0n) is 11.8. The van der Waals surface area contributed by atoms with Crippen LogP contribution in [0.5, 0.6) is 0 Å². The molecule has 114 valence electrons. The fourth-order valence-electron chi connectivity index (χ4n) is 1.95. The van der Waals surface area contributed by atoms with Crippen molar-refractivity contribution in [1.82, 2.24) is 21.1 Å². The molecule has 0 bridgehead atoms. The molecule has 1 aliphatic rings. The molecule has 0 aliphatic carbocycles. The van der Waals surface area contributed by atoms with E-state index in [2.05, 4.69) is 21.1 Å². The largest absolute Gasteiger partial charge is 0.357 e. The highest BCUT2D eigenvalue weighted by molar-refractivity contribution is 7.99. The van der Waals surface area contributed by atoms with Gasteiger partial charge in [0.05, 0.1) is 6.54 Å². The molecule has 0 atom stereocenters. The number of hydrogen-bond donors (Lipinski definition) is 3. The molecule has 5 nitrogen and oxygen atoms in total. The predicted molar refractivity (Wildman–Crippen MR) is 90.9 cm³/mol. The van der Waals surface area contributed by atoms with Crippen LogP contribution in [0.1, 0.15) is 5.56 Å². The van der Waals surface area contributed by atoms with Crippen molar-refractivity contribution in [3.63, 3.8) is 0 Å². The Hall–Kier alpha value is -1.31. The van der Waals surface area contributed by atoms with Crippen LogP contribution >= 0.6 is 24.0 Å². The average molecular weight is 324 g/mol. The molecule has 21 heavy (non-hydrogen) atoms. The molecule has 1 aromatic carbocycles. The lowest BCUT2D eigenvalue weighted by atomic mass is 10.2. The van der Waals surface area contributed by atoms with Gasteiger partial charge in [0.15, 0.2) is 5.11 Å². The zero-order chi connectivity index (χ0) is 14.9. The number of rotatable bonds is 4. The van der Waals surface area contributed by atoms with Gasteiger partial charge >= 0.3 is 0 Å². The monoisotopic (exact) mass is 324 g/mol. The van der Waals surface area contributed by atoms with Crippen molar-refractivity contribution in [3.8, 4) is 0 Å². The molecule has 0 saturated carbocycles. The number of hydrazine groups is 1. The van der Waals surface area contributed by atoms with Crippen LogP contribution in [0, 0.1) is 0 Å². The third kappa shape index (κ3) is 6.33. The maximum atomic E-state index is 11.8. The van der Waals surface area contributed by atoms with Crippen LogP contribution in [0.3, 0.4) is 0 Å². The zero-order valence-corrected chi connectivity index (χ0v) is 13.4. The van der Waals surface area contributed by atoms with E-state index >= 15 is 0 Å². The second kappa shape index (κ2) is 8.86. The smallest absolute Gasteiger partial charge is 0.252 e. The Balaban J connectivity index is 1.60. The Labute approximate surface area is 134 Å². The number of nitrogens with zero attached hydrogens (tertiary/aromatic N) is 1. The minimum Gasteiger partial charge on any atom is -0.357 e. The highest BCUT2D eigenvalue weighted by Gasteiger charge is 2.13. The van der Waals surface area contributed by atoms with Gasteiger partial charge in [0.2, 0.25) is 0 Å². The highest BCUT2D eigenvalue weighted by Crippen LogP contribution is 2.07. The van der Waals surface area contributed by atoms with E-state index in [-0.39, 0.29) is 5.91 Å². The lowest BCUT2D eigenvalue weighted by Gasteiger charge is -2.25. The summed E-state index contributed by atoms with van der Waals surface area (Å²) in [4.78, 5) is 13.9. The first kappa shape index (κ1) is 16.1. The molecule has 1 aromatic rings. The van der Waals surface area contributed by atoms with Gasteiger partial charge < -0.3 is 5.32 Å². The first-order valence-electron chi connectivity index (χ1n) is 6.91. The molecule has 0 spiro atoms. The standard InChI is InChI=1S/C14H20N4OS2/c19-13(11-18-6-8-21-9-7-18)16-17-14(20)15-10-12-4-2-1-3-5-12/h1-5H,6-11H2,(H,16,19)(H2,15,17,20). The summed E-state index contributed by atoms with van der Waals surface area (Å²) >= 11 is 7.05. The molecular weight excluding hydrogens is 304 g/mol. The molecular formula is C14H20N4OS2. The van der Waals surface area contributed by atoms with Crippen LogP contribution < -0.4 is 16.2 Å². The third-order valence-electron chi connectivity index (χ3n) is 3.08. The molecule has 1 aliphatic heterocycles. The van der Waals surface area contributed by atoms with E-state index in [9.17, 15) is 4.79 Å². The van der Waals surface area contributed by atoms with Crippen molar-refractivity contribution in [3.05, 3.63) is 35.9 Å². The summed E-state index contributed by atoms with van der Waals surface area (Å²) in [6.45, 7) is 2.98. The number of carbonyl (C=O) groups excluding carboxylic acids is 1. The lowest BCUT2D eigenvalue weighted by Crippen LogP contribution is -2.50. The van der Waals surface area contributed by atoms with Gasteiger partial charge in [-0.1, -0.05) is 30.3 Å². The topological polar surface area (TPSA) is 56.4 Å². The fourth-order valence-corrected chi connectivity index (χ4v) is 3.05. The van der Waals surface area contributed by atoms with Crippen molar-refractivity contribution in [2.24, 2.45) is 0 Å². The fraction of sp³-hybridized carbons (Fsp3) is 0.429. The van der Waals surface area contributed by atoms with E-state index in [1.807, 2.05) is 42.1 Å². The molecule has 1 heterocycles. The average Bonchev–Trinajstić information content (AvgIpc) is 2.53. The Bertz CT molecular complexity index is 463. The summed E-state index contributed by atoms with van der Waals surface area (Å²) in [6, 6.07) is 9.96. The van der Waals surface area contributed by atoms with Gasteiger partial charge in [-0.3, -0.25) is 20.5 Å². The normalized spacial score (nSPS) is 15.2. The molecule has 0 radical (unpaired) electrons. The molecule has 0 unspecified atom stereocenters. The Morgan fingerprint density at radius 2 is 1.90 bits per heavy atom. The summed E-state index contributed by atoms with van der Waals surface area (Å²) in [6.07, 6.45) is 0. The third-order valence-corrected chi connectivity index (χ3v) is 4.27. The number of thioether (sulfide) groups is 1. The molecule has 1 fully saturated rings. The van der Waals surface area contributed by atoms with Crippen molar-refractivity contribution in [2.75, 3.05) is 31.1 Å². The second-order valence-electron chi connectivity index (χ2n) is 4.73. The van der Waals surface area contributed by atoms with Gasteiger partial charge in [-0.2, -0.15) is 11.8 Å². The SMILES string of the molecule is O=C(CN1CCSCC1)NNC(=S)NCc1ccccc1. The Kier molecular flexibility index (Phi) is 6.78. The van der Waals surface area contributed by atoms with E-state index < -0.39 is 0 Å². The molecule has 0 aromatic heterocycles. The number of nitrogens with one attached hydrogen (secondary N) is 3. The van der Waals surface area contributed by atoms with Crippen molar-refractivity contribution in [2.45, 2.75) is 6.54 Å². The first-order chi connectivity index (χ1) is 10.2. The molecule has 1 amide bonds. The number of thiocarbonyl (C=S) groups is 1. The van der Waals surface area contributed by atoms with E-state index in [4.69, 9.17) is 12.2 Å². The van der Waals surface area contributed by atoms with E-state index in [0.29, 0.717) is 18.2 Å². The number of carbonyl (C=O) groups is 1. The minimum atomic E-state index is -0.0641. The molecule has 1 saturated heterocycles. The van der Waals surface area contributed by atoms with Crippen LogP contribution in [0.15, 0.2) is 30.3 Å². The lowest BCUT2D eigenvalue weighted by molar-refractivity contribution is -0.122. The van der Waals surface area contributed by atoms with Crippen LogP contribution in [0.2, 0.25) is 0 Å². The summed E-state index contributed by atoms with van der Waals surface area (Å²) in [5.41, 5.74) is 6.49. The summed E-state index contributed by atoms with van der Waals surface area (Å²) in [5.74, 6) is 2.13. The molecule has 2 rings (SSSR count). The Morgan fingerprint density at radius 1 is 1.19 bits per heavy atom. The predicted octanol–water partition coefficient (Wildman–Crippen LogP) is 0.731. The van der Waals surface area contributed by atoms with E-state index in [0.717, 1.165) is 30.2 Å². The van der Waals surface area contributed by atoms with Gasteiger partial charge in [0.1, 0.15) is 0 Å². The first-order valence-corrected chi connectivity index (χ1v) is 8.47. The highest BCUT2D eigenvalue weighted by atomic mass is 32.2. The van der Waals surface area contributed by atoms with Crippen molar-refractivity contribution >= 4 is 35.0 Å². The Morgan fingerprint density at radius 3 is 2.62 bits per heavy atom. The van der Waals surface area contributed by atoms with Crippen molar-refractivity contribution < 1.29 is 4.79 Å². The second-order valence-corrected chi connectivity index (χ2v) is 6.36. The molecule has 3 N–H and O–H groups in total. The van der Waals surface area contributed by atoms with Gasteiger partial charge in [-0.05, 0) is 17.8 Å². The van der Waals surface area contributed by atoms with Crippen LogP contribution in [-0.4, -0.2) is 47.1 Å². The van der Waals surface area contributed by atoms with Gasteiger partial charge in [0.25, 0.3) is 5.91 Å². The maximum Gasteiger partial charge on any atom is 0.252 e. The number of hydrogen-bond acceptors (Lipinski definition) is 4. The number of benzene rings is 1. The van der Waals surface area contributed by atoms with E-state index in [1.165, 1.54) is 0 Å². The van der Waals surface area contributed by atoms with Crippen LogP contribution in [-0.2, 0) is 11.3 Å². The summed E-state index contributed by atoms with van der Waals surface area (Å²) in [5, 5.41) is 3.46.